The van der Waals surface area contributed by atoms with E-state index >= 15 is 0 Å². The van der Waals surface area contributed by atoms with Crippen molar-refractivity contribution in [3.8, 4) is 21.6 Å². The molecule has 0 bridgehead atoms. The molecule has 0 radical (unpaired) electrons. The molecule has 184 valence electrons. The van der Waals surface area contributed by atoms with Gasteiger partial charge < -0.3 is 14.7 Å². The summed E-state index contributed by atoms with van der Waals surface area (Å²) in [7, 11) is -2.26. The zero-order chi connectivity index (χ0) is 26.0. The lowest BCUT2D eigenvalue weighted by molar-refractivity contribution is -0.729. The van der Waals surface area contributed by atoms with Crippen LogP contribution in [0.5, 0.6) is 0 Å². The highest BCUT2D eigenvalue weighted by molar-refractivity contribution is 7.68. The summed E-state index contributed by atoms with van der Waals surface area (Å²) in [4.78, 5) is 23.7. The zero-order valence-electron chi connectivity index (χ0n) is 19.8. The summed E-state index contributed by atoms with van der Waals surface area (Å²) in [6, 6.07) is 21.0. The molecule has 0 aliphatic heterocycles. The van der Waals surface area contributed by atoms with Gasteiger partial charge in [0.05, 0.1) is 15.9 Å². The van der Waals surface area contributed by atoms with Crippen molar-refractivity contribution < 1.29 is 29.1 Å². The fourth-order valence-corrected chi connectivity index (χ4v) is 6.64. The summed E-state index contributed by atoms with van der Waals surface area (Å²) in [6.45, 7) is 3.77. The SMILES string of the molecule is COP(=O)(Nc1cc(-c2ccc(-c3cccc([N+](=O)O)c3)cc2)sc1C(=O)O)c1ccc(C)cc1C. The van der Waals surface area contributed by atoms with E-state index in [0.717, 1.165) is 39.2 Å². The molecule has 0 saturated heterocycles. The normalized spacial score (nSPS) is 12.6. The van der Waals surface area contributed by atoms with Gasteiger partial charge in [-0.05, 0) is 48.2 Å². The van der Waals surface area contributed by atoms with Crippen molar-refractivity contribution >= 4 is 41.5 Å². The predicted molar refractivity (Wildman–Crippen MR) is 141 cm³/mol. The Bertz CT molecular complexity index is 1510. The Morgan fingerprint density at radius 2 is 1.67 bits per heavy atom. The summed E-state index contributed by atoms with van der Waals surface area (Å²) in [5.74, 6) is -1.14. The van der Waals surface area contributed by atoms with Gasteiger partial charge in [-0.2, -0.15) is 0 Å². The molecular formula is C26H24N2O6PS+. The van der Waals surface area contributed by atoms with E-state index in [-0.39, 0.29) is 21.2 Å². The maximum atomic E-state index is 13.7. The highest BCUT2D eigenvalue weighted by atomic mass is 32.1. The molecule has 1 heterocycles. The summed E-state index contributed by atoms with van der Waals surface area (Å²) in [6.07, 6.45) is 0. The van der Waals surface area contributed by atoms with Crippen LogP contribution in [-0.4, -0.2) is 28.3 Å². The van der Waals surface area contributed by atoms with E-state index in [1.807, 2.05) is 56.3 Å². The van der Waals surface area contributed by atoms with Crippen molar-refractivity contribution in [2.45, 2.75) is 13.8 Å². The fraction of sp³-hybridized carbons (Fsp3) is 0.115. The summed E-state index contributed by atoms with van der Waals surface area (Å²) in [5, 5.41) is 22.3. The van der Waals surface area contributed by atoms with Crippen LogP contribution in [0.2, 0.25) is 0 Å². The third-order valence-electron chi connectivity index (χ3n) is 5.69. The number of thiophene rings is 1. The van der Waals surface area contributed by atoms with Crippen LogP contribution in [0.25, 0.3) is 21.6 Å². The largest absolute Gasteiger partial charge is 0.477 e. The molecule has 1 aromatic heterocycles. The topological polar surface area (TPSA) is 116 Å². The van der Waals surface area contributed by atoms with E-state index in [1.54, 1.807) is 24.3 Å². The quantitative estimate of drug-likeness (QED) is 0.172. The third-order valence-corrected chi connectivity index (χ3v) is 9.05. The molecule has 0 saturated carbocycles. The van der Waals surface area contributed by atoms with Crippen molar-refractivity contribution in [2.24, 2.45) is 0 Å². The smallest absolute Gasteiger partial charge is 0.348 e. The number of hydrogen-bond acceptors (Lipinski definition) is 5. The Kier molecular flexibility index (Phi) is 7.08. The molecule has 10 heteroatoms. The lowest BCUT2D eigenvalue weighted by Crippen LogP contribution is -2.17. The number of nitrogens with one attached hydrogen (secondary N) is 1. The standard InChI is InChI=1S/C26H23N2O6PS/c1-16-7-12-23(17(2)13-16)35(33,34-3)27-22-15-24(36-25(22)26(29)30)19-10-8-18(9-11-19)20-5-4-6-21(14-20)28(31)32/h4-15H,1-3H3,(H2-,27,29,30,31,32,33)/p+1. The van der Waals surface area contributed by atoms with Crippen LogP contribution in [0.15, 0.2) is 72.8 Å². The highest BCUT2D eigenvalue weighted by Gasteiger charge is 2.30. The van der Waals surface area contributed by atoms with E-state index in [2.05, 4.69) is 5.09 Å². The average Bonchev–Trinajstić information content (AvgIpc) is 3.28. The lowest BCUT2D eigenvalue weighted by Gasteiger charge is -2.20. The number of aryl methyl sites for hydroxylation is 2. The number of carboxylic acids is 1. The van der Waals surface area contributed by atoms with Gasteiger partial charge in [-0.15, -0.1) is 11.3 Å². The van der Waals surface area contributed by atoms with Crippen molar-refractivity contribution in [1.29, 1.82) is 0 Å². The molecule has 1 unspecified atom stereocenters. The molecule has 1 atom stereocenters. The first-order valence-corrected chi connectivity index (χ1v) is 13.3. The van der Waals surface area contributed by atoms with Gasteiger partial charge in [0.1, 0.15) is 4.88 Å². The molecule has 8 nitrogen and oxygen atoms in total. The Hall–Kier alpha value is -3.78. The van der Waals surface area contributed by atoms with Gasteiger partial charge in [0.2, 0.25) is 0 Å². The lowest BCUT2D eigenvalue weighted by atomic mass is 10.0. The highest BCUT2D eigenvalue weighted by Crippen LogP contribution is 2.48. The minimum atomic E-state index is -3.59. The van der Waals surface area contributed by atoms with Crippen LogP contribution in [0.1, 0.15) is 20.8 Å². The predicted octanol–water partition coefficient (Wildman–Crippen LogP) is 6.77. The number of rotatable bonds is 8. The van der Waals surface area contributed by atoms with Gasteiger partial charge in [-0.3, -0.25) is 4.57 Å². The van der Waals surface area contributed by atoms with Crippen LogP contribution < -0.4 is 10.4 Å². The Labute approximate surface area is 211 Å². The van der Waals surface area contributed by atoms with Crippen LogP contribution in [0.3, 0.4) is 0 Å². The number of hydrogen-bond donors (Lipinski definition) is 3. The zero-order valence-corrected chi connectivity index (χ0v) is 21.5. The van der Waals surface area contributed by atoms with Crippen LogP contribution >= 0.6 is 18.9 Å². The van der Waals surface area contributed by atoms with E-state index < -0.39 is 13.5 Å². The number of benzene rings is 3. The van der Waals surface area contributed by atoms with Gasteiger partial charge in [-0.25, -0.2) is 10.0 Å². The van der Waals surface area contributed by atoms with Gasteiger partial charge in [0.25, 0.3) is 4.92 Å². The fourth-order valence-electron chi connectivity index (χ4n) is 3.91. The van der Waals surface area contributed by atoms with E-state index in [1.165, 1.54) is 13.2 Å². The first kappa shape index (κ1) is 25.3. The Morgan fingerprint density at radius 3 is 2.28 bits per heavy atom. The first-order valence-electron chi connectivity index (χ1n) is 10.9. The van der Waals surface area contributed by atoms with Crippen LogP contribution in [0.4, 0.5) is 11.4 Å². The number of aromatic carboxylic acids is 1. The van der Waals surface area contributed by atoms with E-state index in [9.17, 15) is 19.4 Å². The second-order valence-corrected chi connectivity index (χ2v) is 11.4. The molecule has 36 heavy (non-hydrogen) atoms. The molecule has 4 rings (SSSR count). The van der Waals surface area contributed by atoms with Crippen LogP contribution in [-0.2, 0) is 9.09 Å². The molecule has 0 aliphatic rings. The third kappa shape index (κ3) is 5.09. The number of anilines is 1. The Balaban J connectivity index is 1.68. The van der Waals surface area contributed by atoms with Crippen LogP contribution in [0, 0.1) is 18.8 Å². The summed E-state index contributed by atoms with van der Waals surface area (Å²) >= 11 is 1.06. The molecule has 0 aliphatic carbocycles. The number of nitrogens with zero attached hydrogens (tertiary/aromatic N) is 1. The molecular weight excluding hydrogens is 499 g/mol. The molecule has 3 N–H and O–H groups in total. The number of carboxylic acid groups (broad SMARTS) is 1. The minimum Gasteiger partial charge on any atom is -0.477 e. The van der Waals surface area contributed by atoms with Gasteiger partial charge in [-0.1, -0.05) is 54.1 Å². The second kappa shape index (κ2) is 10.1. The maximum Gasteiger partial charge on any atom is 0.348 e. The average molecular weight is 524 g/mol. The van der Waals surface area contributed by atoms with Crippen molar-refractivity contribution in [1.82, 2.24) is 0 Å². The molecule has 4 aromatic rings. The second-order valence-electron chi connectivity index (χ2n) is 8.20. The van der Waals surface area contributed by atoms with Gasteiger partial charge >= 0.3 is 19.2 Å². The molecule has 0 amide bonds. The molecule has 3 aromatic carbocycles. The van der Waals surface area contributed by atoms with Gasteiger partial charge in [0.15, 0.2) is 0 Å². The number of carbonyl (C=O) groups is 1. The first-order chi connectivity index (χ1) is 17.1. The van der Waals surface area contributed by atoms with Crippen molar-refractivity contribution in [3.63, 3.8) is 0 Å². The van der Waals surface area contributed by atoms with Crippen molar-refractivity contribution in [3.05, 3.63) is 93.7 Å². The summed E-state index contributed by atoms with van der Waals surface area (Å²) in [5.41, 5.74) is 4.44. The summed E-state index contributed by atoms with van der Waals surface area (Å²) < 4.78 is 19.1. The minimum absolute atomic E-state index is 0.0160. The van der Waals surface area contributed by atoms with Gasteiger partial charge in [0, 0.05) is 24.1 Å². The maximum absolute atomic E-state index is 13.7. The van der Waals surface area contributed by atoms with Crippen molar-refractivity contribution in [2.75, 3.05) is 12.2 Å². The Morgan fingerprint density at radius 1 is 0.972 bits per heavy atom. The monoisotopic (exact) mass is 523 g/mol. The molecule has 0 fully saturated rings. The molecule has 0 spiro atoms. The van der Waals surface area contributed by atoms with E-state index in [4.69, 9.17) is 9.73 Å². The van der Waals surface area contributed by atoms with E-state index in [0.29, 0.717) is 10.2 Å².